The van der Waals surface area contributed by atoms with E-state index >= 15 is 0 Å². The predicted octanol–water partition coefficient (Wildman–Crippen LogP) is 1.21. The number of nitrogens with two attached hydrogens (primary N) is 1. The Morgan fingerprint density at radius 2 is 2.14 bits per heavy atom. The lowest BCUT2D eigenvalue weighted by atomic mass is 10.5. The number of imidazole rings is 1. The van der Waals surface area contributed by atoms with E-state index in [2.05, 4.69) is 25.6 Å². The first-order chi connectivity index (χ1) is 10.3. The SMILES string of the molecule is NNc1cn2ccnc2c(Sc2nnc3ccccn23)n1. The molecule has 0 spiro atoms. The second-order valence-corrected chi connectivity index (χ2v) is 5.20. The zero-order chi connectivity index (χ0) is 14.2. The number of hydrogen-bond acceptors (Lipinski definition) is 7. The van der Waals surface area contributed by atoms with Crippen molar-refractivity contribution in [3.8, 4) is 0 Å². The van der Waals surface area contributed by atoms with Crippen LogP contribution in [-0.4, -0.2) is 29.0 Å². The number of hydrogen-bond donors (Lipinski definition) is 2. The van der Waals surface area contributed by atoms with Crippen LogP contribution in [0.25, 0.3) is 11.3 Å². The predicted molar refractivity (Wildman–Crippen MR) is 77.9 cm³/mol. The van der Waals surface area contributed by atoms with Crippen LogP contribution in [0.15, 0.2) is 53.2 Å². The molecule has 4 heterocycles. The van der Waals surface area contributed by atoms with E-state index in [9.17, 15) is 0 Å². The second-order valence-electron chi connectivity index (χ2n) is 4.25. The number of rotatable bonds is 3. The van der Waals surface area contributed by atoms with Crippen LogP contribution in [0.3, 0.4) is 0 Å². The summed E-state index contributed by atoms with van der Waals surface area (Å²) in [5, 5.41) is 9.73. The van der Waals surface area contributed by atoms with Gasteiger partial charge in [-0.15, -0.1) is 10.2 Å². The van der Waals surface area contributed by atoms with Crippen LogP contribution in [0.4, 0.5) is 5.82 Å². The van der Waals surface area contributed by atoms with Gasteiger partial charge in [0, 0.05) is 18.6 Å². The van der Waals surface area contributed by atoms with Gasteiger partial charge in [0.15, 0.2) is 17.1 Å². The smallest absolute Gasteiger partial charge is 0.202 e. The summed E-state index contributed by atoms with van der Waals surface area (Å²) in [5.41, 5.74) is 4.08. The Hall–Kier alpha value is -2.65. The number of aromatic nitrogens is 6. The molecule has 0 fully saturated rings. The van der Waals surface area contributed by atoms with Crippen molar-refractivity contribution in [3.63, 3.8) is 0 Å². The number of nitrogen functional groups attached to an aromatic ring is 1. The van der Waals surface area contributed by atoms with Crippen molar-refractivity contribution in [2.24, 2.45) is 5.84 Å². The number of nitrogens with one attached hydrogen (secondary N) is 1. The summed E-state index contributed by atoms with van der Waals surface area (Å²) in [5.74, 6) is 6.01. The third-order valence-corrected chi connectivity index (χ3v) is 3.89. The molecule has 0 amide bonds. The molecular weight excluding hydrogens is 288 g/mol. The molecule has 3 N–H and O–H groups in total. The largest absolute Gasteiger partial charge is 0.307 e. The molecule has 4 aromatic heterocycles. The number of pyridine rings is 1. The first-order valence-electron chi connectivity index (χ1n) is 6.13. The van der Waals surface area contributed by atoms with E-state index in [0.717, 1.165) is 16.5 Å². The van der Waals surface area contributed by atoms with E-state index in [-0.39, 0.29) is 0 Å². The van der Waals surface area contributed by atoms with E-state index in [1.807, 2.05) is 39.4 Å². The minimum atomic E-state index is 0.553. The fourth-order valence-electron chi connectivity index (χ4n) is 2.02. The van der Waals surface area contributed by atoms with Gasteiger partial charge in [0.2, 0.25) is 5.16 Å². The van der Waals surface area contributed by atoms with Gasteiger partial charge in [-0.3, -0.25) is 4.40 Å². The molecule has 8 nitrogen and oxygen atoms in total. The molecule has 0 aliphatic carbocycles. The Labute approximate surface area is 123 Å². The fourth-order valence-corrected chi connectivity index (χ4v) is 2.92. The van der Waals surface area contributed by atoms with Gasteiger partial charge < -0.3 is 9.83 Å². The van der Waals surface area contributed by atoms with E-state index in [1.165, 1.54) is 11.8 Å². The average molecular weight is 298 g/mol. The Morgan fingerprint density at radius 1 is 1.19 bits per heavy atom. The van der Waals surface area contributed by atoms with Gasteiger partial charge in [0.05, 0.1) is 6.20 Å². The summed E-state index contributed by atoms with van der Waals surface area (Å²) in [6.07, 6.45) is 7.23. The number of anilines is 1. The fraction of sp³-hybridized carbons (Fsp3) is 0. The van der Waals surface area contributed by atoms with E-state index in [1.54, 1.807) is 12.4 Å². The minimum Gasteiger partial charge on any atom is -0.307 e. The Kier molecular flexibility index (Phi) is 2.72. The second kappa shape index (κ2) is 4.72. The molecule has 0 saturated heterocycles. The highest BCUT2D eigenvalue weighted by atomic mass is 32.2. The quantitative estimate of drug-likeness (QED) is 0.433. The van der Waals surface area contributed by atoms with E-state index < -0.39 is 0 Å². The third-order valence-electron chi connectivity index (χ3n) is 2.96. The highest BCUT2D eigenvalue weighted by Crippen LogP contribution is 2.28. The molecule has 0 aliphatic rings. The van der Waals surface area contributed by atoms with Crippen LogP contribution in [0.1, 0.15) is 0 Å². The molecule has 104 valence electrons. The average Bonchev–Trinajstić information content (AvgIpc) is 3.14. The Morgan fingerprint density at radius 3 is 3.05 bits per heavy atom. The van der Waals surface area contributed by atoms with Crippen LogP contribution >= 0.6 is 11.8 Å². The first-order valence-corrected chi connectivity index (χ1v) is 6.95. The molecule has 0 saturated carbocycles. The molecule has 0 bridgehead atoms. The van der Waals surface area contributed by atoms with Gasteiger partial charge in [-0.25, -0.2) is 15.8 Å². The molecule has 0 aromatic carbocycles. The Balaban J connectivity index is 1.85. The normalized spacial score (nSPS) is 11.3. The summed E-state index contributed by atoms with van der Waals surface area (Å²) in [6, 6.07) is 5.74. The lowest BCUT2D eigenvalue weighted by molar-refractivity contribution is 0.914. The van der Waals surface area contributed by atoms with E-state index in [4.69, 9.17) is 5.84 Å². The lowest BCUT2D eigenvalue weighted by Crippen LogP contribution is -2.10. The van der Waals surface area contributed by atoms with Crippen molar-refractivity contribution >= 4 is 28.9 Å². The summed E-state index contributed by atoms with van der Waals surface area (Å²) in [7, 11) is 0. The topological polar surface area (TPSA) is 98.4 Å². The van der Waals surface area contributed by atoms with Gasteiger partial charge >= 0.3 is 0 Å². The third kappa shape index (κ3) is 1.99. The minimum absolute atomic E-state index is 0.553. The highest BCUT2D eigenvalue weighted by molar-refractivity contribution is 7.99. The zero-order valence-corrected chi connectivity index (χ0v) is 11.5. The maximum Gasteiger partial charge on any atom is 0.202 e. The van der Waals surface area contributed by atoms with Crippen LogP contribution < -0.4 is 11.3 Å². The molecule has 9 heteroatoms. The van der Waals surface area contributed by atoms with Gasteiger partial charge in [0.1, 0.15) is 5.03 Å². The molecule has 0 unspecified atom stereocenters. The molecule has 4 rings (SSSR count). The van der Waals surface area contributed by atoms with Gasteiger partial charge in [0.25, 0.3) is 0 Å². The van der Waals surface area contributed by atoms with Crippen LogP contribution in [0, 0.1) is 0 Å². The molecule has 4 aromatic rings. The van der Waals surface area contributed by atoms with E-state index in [0.29, 0.717) is 10.8 Å². The molecule has 0 atom stereocenters. The summed E-state index contributed by atoms with van der Waals surface area (Å²) >= 11 is 1.39. The van der Waals surface area contributed by atoms with Crippen molar-refractivity contribution in [3.05, 3.63) is 43.0 Å². The maximum atomic E-state index is 5.45. The van der Waals surface area contributed by atoms with Crippen molar-refractivity contribution in [2.75, 3.05) is 5.43 Å². The van der Waals surface area contributed by atoms with Crippen LogP contribution in [0.5, 0.6) is 0 Å². The van der Waals surface area contributed by atoms with Crippen molar-refractivity contribution in [2.45, 2.75) is 10.2 Å². The summed E-state index contributed by atoms with van der Waals surface area (Å²) in [6.45, 7) is 0. The summed E-state index contributed by atoms with van der Waals surface area (Å²) in [4.78, 5) is 8.74. The molecular formula is C12H10N8S. The van der Waals surface area contributed by atoms with Gasteiger partial charge in [-0.05, 0) is 23.9 Å². The standard InChI is InChI=1S/C12H10N8S/c13-16-8-7-19-6-4-14-10(19)11(15-8)21-12-18-17-9-3-1-2-5-20(9)12/h1-7,16H,13H2. The number of fused-ring (bicyclic) bond motifs is 2. The first kappa shape index (κ1) is 12.1. The van der Waals surface area contributed by atoms with Crippen molar-refractivity contribution in [1.29, 1.82) is 0 Å². The summed E-state index contributed by atoms with van der Waals surface area (Å²) < 4.78 is 3.75. The monoisotopic (exact) mass is 298 g/mol. The Bertz CT molecular complexity index is 927. The van der Waals surface area contributed by atoms with Gasteiger partial charge in [-0.2, -0.15) is 0 Å². The zero-order valence-electron chi connectivity index (χ0n) is 10.7. The van der Waals surface area contributed by atoms with Crippen molar-refractivity contribution in [1.82, 2.24) is 29.0 Å². The molecule has 0 aliphatic heterocycles. The molecule has 0 radical (unpaired) electrons. The lowest BCUT2D eigenvalue weighted by Gasteiger charge is -2.05. The number of hydrazine groups is 1. The molecule has 21 heavy (non-hydrogen) atoms. The maximum absolute atomic E-state index is 5.45. The number of nitrogens with zero attached hydrogens (tertiary/aromatic N) is 6. The van der Waals surface area contributed by atoms with Crippen LogP contribution in [-0.2, 0) is 0 Å². The van der Waals surface area contributed by atoms with Crippen LogP contribution in [0.2, 0.25) is 0 Å². The van der Waals surface area contributed by atoms with Gasteiger partial charge in [-0.1, -0.05) is 6.07 Å². The highest BCUT2D eigenvalue weighted by Gasteiger charge is 2.13. The van der Waals surface area contributed by atoms with Crippen molar-refractivity contribution < 1.29 is 0 Å².